The lowest BCUT2D eigenvalue weighted by atomic mass is 10.1. The highest BCUT2D eigenvalue weighted by atomic mass is 32.1. The van der Waals surface area contributed by atoms with E-state index in [0.29, 0.717) is 11.6 Å². The molecule has 0 spiro atoms. The number of esters is 1. The Morgan fingerprint density at radius 1 is 1.16 bits per heavy atom. The van der Waals surface area contributed by atoms with E-state index in [1.54, 1.807) is 12.1 Å². The lowest BCUT2D eigenvalue weighted by molar-refractivity contribution is 0.0554. The van der Waals surface area contributed by atoms with Crippen LogP contribution in [0, 0.1) is 6.92 Å². The van der Waals surface area contributed by atoms with Crippen LogP contribution in [0.3, 0.4) is 0 Å². The lowest BCUT2D eigenvalue weighted by Gasteiger charge is -1.95. The molecule has 0 fully saturated rings. The van der Waals surface area contributed by atoms with Crippen LogP contribution in [0.25, 0.3) is 21.3 Å². The Morgan fingerprint density at radius 3 is 2.80 bits per heavy atom. The van der Waals surface area contributed by atoms with Gasteiger partial charge in [0.1, 0.15) is 11.5 Å². The Hall–Kier alpha value is -3.06. The molecular formula is C18H13NO5S. The first-order valence-corrected chi connectivity index (χ1v) is 8.27. The third kappa shape index (κ3) is 3.01. The Bertz CT molecular complexity index is 1060. The van der Waals surface area contributed by atoms with Crippen LogP contribution < -0.4 is 4.74 Å². The number of benzene rings is 1. The zero-order valence-electron chi connectivity index (χ0n) is 13.4. The van der Waals surface area contributed by atoms with Crippen molar-refractivity contribution in [2.24, 2.45) is 0 Å². The third-order valence-corrected chi connectivity index (χ3v) is 4.58. The number of fused-ring (bicyclic) bond motifs is 1. The molecule has 7 heteroatoms. The predicted molar refractivity (Wildman–Crippen MR) is 92.2 cm³/mol. The van der Waals surface area contributed by atoms with Gasteiger partial charge in [0.2, 0.25) is 5.76 Å². The van der Waals surface area contributed by atoms with Crippen molar-refractivity contribution in [3.8, 4) is 22.3 Å². The smallest absolute Gasteiger partial charge is 0.376 e. The number of nitrogens with zero attached hydrogens (tertiary/aromatic N) is 1. The highest BCUT2D eigenvalue weighted by Gasteiger charge is 2.15. The number of furan rings is 1. The van der Waals surface area contributed by atoms with Crippen molar-refractivity contribution in [1.82, 2.24) is 5.16 Å². The first-order valence-electron chi connectivity index (χ1n) is 7.45. The molecule has 0 aliphatic carbocycles. The monoisotopic (exact) mass is 355 g/mol. The van der Waals surface area contributed by atoms with Gasteiger partial charge in [0.05, 0.1) is 7.11 Å². The lowest BCUT2D eigenvalue weighted by Crippen LogP contribution is -1.98. The zero-order valence-corrected chi connectivity index (χ0v) is 14.3. The van der Waals surface area contributed by atoms with Gasteiger partial charge in [-0.15, -0.1) is 0 Å². The maximum atomic E-state index is 11.5. The molecule has 3 heterocycles. The van der Waals surface area contributed by atoms with Gasteiger partial charge in [-0.1, -0.05) is 28.6 Å². The average Bonchev–Trinajstić information content (AvgIpc) is 3.32. The number of carbonyl (C=O) groups is 1. The summed E-state index contributed by atoms with van der Waals surface area (Å²) >= 11 is 1.50. The van der Waals surface area contributed by atoms with Gasteiger partial charge in [0.25, 0.3) is 5.95 Å². The van der Waals surface area contributed by atoms with Crippen LogP contribution in [0.2, 0.25) is 0 Å². The van der Waals surface area contributed by atoms with E-state index < -0.39 is 5.97 Å². The van der Waals surface area contributed by atoms with E-state index in [1.165, 1.54) is 18.4 Å². The molecule has 0 radical (unpaired) electrons. The standard InChI is InChI=1S/C18H13NO5S/c1-10-3-6-16(22-10)23-17-8-12-5-4-11(7-15(12)25-17)13-9-14(24-19-13)18(20)21-2/h3-9H,1-2H3. The van der Waals surface area contributed by atoms with Crippen LogP contribution >= 0.6 is 11.3 Å². The van der Waals surface area contributed by atoms with Crippen LogP contribution in [0.1, 0.15) is 16.3 Å². The largest absolute Gasteiger partial charge is 0.463 e. The number of hydrogen-bond acceptors (Lipinski definition) is 7. The van der Waals surface area contributed by atoms with Gasteiger partial charge in [-0.2, -0.15) is 0 Å². The number of rotatable bonds is 4. The summed E-state index contributed by atoms with van der Waals surface area (Å²) in [6, 6.07) is 13.0. The van der Waals surface area contributed by atoms with Gasteiger partial charge in [0, 0.05) is 28.5 Å². The summed E-state index contributed by atoms with van der Waals surface area (Å²) in [7, 11) is 1.30. The minimum Gasteiger partial charge on any atom is -0.463 e. The SMILES string of the molecule is COC(=O)c1cc(-c2ccc3cc(Oc4ccc(C)o4)sc3c2)no1. The summed E-state index contributed by atoms with van der Waals surface area (Å²) in [5, 5.41) is 5.70. The topological polar surface area (TPSA) is 74.7 Å². The van der Waals surface area contributed by atoms with Gasteiger partial charge in [0.15, 0.2) is 5.06 Å². The van der Waals surface area contributed by atoms with Crippen molar-refractivity contribution in [2.45, 2.75) is 6.92 Å². The quantitative estimate of drug-likeness (QED) is 0.478. The van der Waals surface area contributed by atoms with Crippen molar-refractivity contribution < 1.29 is 23.2 Å². The minimum atomic E-state index is -0.555. The molecule has 0 atom stereocenters. The molecular weight excluding hydrogens is 342 g/mol. The van der Waals surface area contributed by atoms with E-state index in [4.69, 9.17) is 13.7 Å². The summed E-state index contributed by atoms with van der Waals surface area (Å²) in [6.45, 7) is 1.87. The Labute approximate surface area is 146 Å². The molecule has 0 aliphatic rings. The van der Waals surface area contributed by atoms with Gasteiger partial charge < -0.3 is 18.4 Å². The molecule has 25 heavy (non-hydrogen) atoms. The zero-order chi connectivity index (χ0) is 17.4. The minimum absolute atomic E-state index is 0.0704. The summed E-state index contributed by atoms with van der Waals surface area (Å²) in [4.78, 5) is 11.5. The molecule has 6 nitrogen and oxygen atoms in total. The fourth-order valence-electron chi connectivity index (χ4n) is 2.39. The highest BCUT2D eigenvalue weighted by molar-refractivity contribution is 7.20. The average molecular weight is 355 g/mol. The van der Waals surface area contributed by atoms with Crippen LogP contribution in [0.4, 0.5) is 0 Å². The molecule has 0 amide bonds. The number of ether oxygens (including phenoxy) is 2. The molecule has 3 aromatic heterocycles. The van der Waals surface area contributed by atoms with Crippen molar-refractivity contribution in [2.75, 3.05) is 7.11 Å². The number of carbonyl (C=O) groups excluding carboxylic acids is 1. The molecule has 0 unspecified atom stereocenters. The molecule has 1 aromatic carbocycles. The Kier molecular flexibility index (Phi) is 3.77. The van der Waals surface area contributed by atoms with E-state index in [1.807, 2.05) is 37.3 Å². The normalized spacial score (nSPS) is 11.0. The van der Waals surface area contributed by atoms with Gasteiger partial charge in [-0.05, 0) is 24.4 Å². The summed E-state index contributed by atoms with van der Waals surface area (Å²) in [5.41, 5.74) is 1.41. The molecule has 4 rings (SSSR count). The van der Waals surface area contributed by atoms with Crippen LogP contribution in [0.5, 0.6) is 11.0 Å². The van der Waals surface area contributed by atoms with Gasteiger partial charge >= 0.3 is 5.97 Å². The molecule has 0 N–H and O–H groups in total. The third-order valence-electron chi connectivity index (χ3n) is 3.61. The molecule has 0 bridgehead atoms. The fraction of sp³-hybridized carbons (Fsp3) is 0.111. The van der Waals surface area contributed by atoms with E-state index in [9.17, 15) is 4.79 Å². The maximum Gasteiger partial charge on any atom is 0.376 e. The van der Waals surface area contributed by atoms with Crippen molar-refractivity contribution >= 4 is 27.4 Å². The van der Waals surface area contributed by atoms with Gasteiger partial charge in [-0.3, -0.25) is 0 Å². The summed E-state index contributed by atoms with van der Waals surface area (Å²) in [6.07, 6.45) is 0. The van der Waals surface area contributed by atoms with E-state index >= 15 is 0 Å². The van der Waals surface area contributed by atoms with Crippen molar-refractivity contribution in [3.05, 3.63) is 54.0 Å². The first-order chi connectivity index (χ1) is 12.1. The summed E-state index contributed by atoms with van der Waals surface area (Å²) in [5.74, 6) is 0.774. The number of methoxy groups -OCH3 is 1. The van der Waals surface area contributed by atoms with E-state index in [0.717, 1.165) is 26.5 Å². The number of hydrogen-bond donors (Lipinski definition) is 0. The first kappa shape index (κ1) is 15.5. The van der Waals surface area contributed by atoms with Crippen LogP contribution in [0.15, 0.2) is 51.4 Å². The second-order valence-electron chi connectivity index (χ2n) is 5.35. The number of aryl methyl sites for hydroxylation is 1. The molecule has 126 valence electrons. The Morgan fingerprint density at radius 2 is 2.04 bits per heavy atom. The van der Waals surface area contributed by atoms with Crippen LogP contribution in [-0.2, 0) is 4.74 Å². The molecule has 0 saturated carbocycles. The van der Waals surface area contributed by atoms with Crippen LogP contribution in [-0.4, -0.2) is 18.2 Å². The maximum absolute atomic E-state index is 11.5. The van der Waals surface area contributed by atoms with Gasteiger partial charge in [-0.25, -0.2) is 4.79 Å². The van der Waals surface area contributed by atoms with Crippen molar-refractivity contribution in [1.29, 1.82) is 0 Å². The second-order valence-corrected chi connectivity index (χ2v) is 6.40. The van der Waals surface area contributed by atoms with Crippen molar-refractivity contribution in [3.63, 3.8) is 0 Å². The highest BCUT2D eigenvalue weighted by Crippen LogP contribution is 2.37. The number of thiophene rings is 1. The molecule has 0 aliphatic heterocycles. The fourth-order valence-corrected chi connectivity index (χ4v) is 3.35. The molecule has 4 aromatic rings. The second kappa shape index (κ2) is 6.10. The summed E-state index contributed by atoms with van der Waals surface area (Å²) < 4.78 is 21.8. The predicted octanol–water partition coefficient (Wildman–Crippen LogP) is 5.04. The molecule has 0 saturated heterocycles. The number of aromatic nitrogens is 1. The van der Waals surface area contributed by atoms with E-state index in [2.05, 4.69) is 9.89 Å². The Balaban J connectivity index is 1.63. The van der Waals surface area contributed by atoms with E-state index in [-0.39, 0.29) is 5.76 Å².